The van der Waals surface area contributed by atoms with Gasteiger partial charge in [0.1, 0.15) is 11.4 Å². The van der Waals surface area contributed by atoms with Gasteiger partial charge < -0.3 is 0 Å². The van der Waals surface area contributed by atoms with E-state index in [-0.39, 0.29) is 32.7 Å². The highest BCUT2D eigenvalue weighted by Gasteiger charge is 2.35. The Labute approximate surface area is 125 Å². The van der Waals surface area contributed by atoms with Crippen LogP contribution in [0.2, 0.25) is 15.1 Å². The van der Waals surface area contributed by atoms with Crippen LogP contribution in [-0.4, -0.2) is 16.1 Å². The van der Waals surface area contributed by atoms with Crippen molar-refractivity contribution in [2.45, 2.75) is 6.18 Å². The van der Waals surface area contributed by atoms with Gasteiger partial charge in [-0.15, -0.1) is 0 Å². The smallest absolute Gasteiger partial charge is 0.296 e. The van der Waals surface area contributed by atoms with Crippen molar-refractivity contribution in [2.75, 3.05) is 0 Å². The van der Waals surface area contributed by atoms with Gasteiger partial charge in [-0.25, -0.2) is 4.68 Å². The average Bonchev–Trinajstić information content (AvgIpc) is 2.71. The number of rotatable bonds is 2. The lowest BCUT2D eigenvalue weighted by Gasteiger charge is -2.09. The molecule has 0 aliphatic heterocycles. The molecule has 3 nitrogen and oxygen atoms in total. The SMILES string of the molecule is O=Cc1cc(C(F)(F)F)nn1-c1c(Cl)cc(Cl)cc1Cl. The number of alkyl halides is 3. The van der Waals surface area contributed by atoms with Crippen molar-refractivity contribution < 1.29 is 18.0 Å². The first kappa shape index (κ1) is 15.2. The molecule has 2 rings (SSSR count). The van der Waals surface area contributed by atoms with E-state index in [2.05, 4.69) is 5.10 Å². The molecule has 1 heterocycles. The number of aromatic nitrogens is 2. The van der Waals surface area contributed by atoms with Gasteiger partial charge in [0.05, 0.1) is 10.0 Å². The molecule has 2 aromatic rings. The Morgan fingerprint density at radius 2 is 1.65 bits per heavy atom. The van der Waals surface area contributed by atoms with Gasteiger partial charge in [-0.1, -0.05) is 34.8 Å². The third kappa shape index (κ3) is 2.77. The van der Waals surface area contributed by atoms with Crippen LogP contribution in [0, 0.1) is 0 Å². The lowest BCUT2D eigenvalue weighted by molar-refractivity contribution is -0.141. The third-order valence-corrected chi connectivity index (χ3v) is 3.14. The predicted octanol–water partition coefficient (Wildman–Crippen LogP) is 4.66. The number of hydrogen-bond donors (Lipinski definition) is 0. The first-order valence-electron chi connectivity index (χ1n) is 5.01. The van der Waals surface area contributed by atoms with E-state index in [0.29, 0.717) is 6.07 Å². The van der Waals surface area contributed by atoms with Crippen molar-refractivity contribution in [3.63, 3.8) is 0 Å². The highest BCUT2D eigenvalue weighted by atomic mass is 35.5. The van der Waals surface area contributed by atoms with E-state index in [0.717, 1.165) is 4.68 Å². The molecule has 9 heteroatoms. The van der Waals surface area contributed by atoms with Gasteiger partial charge >= 0.3 is 6.18 Å². The molecule has 106 valence electrons. The van der Waals surface area contributed by atoms with Crippen molar-refractivity contribution in [1.29, 1.82) is 0 Å². The summed E-state index contributed by atoms with van der Waals surface area (Å²) in [4.78, 5) is 10.9. The topological polar surface area (TPSA) is 34.9 Å². The van der Waals surface area contributed by atoms with E-state index in [1.807, 2.05) is 0 Å². The van der Waals surface area contributed by atoms with E-state index in [1.54, 1.807) is 0 Å². The monoisotopic (exact) mass is 342 g/mol. The maximum absolute atomic E-state index is 12.6. The summed E-state index contributed by atoms with van der Waals surface area (Å²) in [6.45, 7) is 0. The van der Waals surface area contributed by atoms with E-state index in [9.17, 15) is 18.0 Å². The fraction of sp³-hybridized carbons (Fsp3) is 0.0909. The quantitative estimate of drug-likeness (QED) is 0.743. The molecule has 1 aromatic carbocycles. The molecule has 0 aliphatic rings. The first-order chi connectivity index (χ1) is 9.24. The minimum absolute atomic E-state index is 0.0255. The van der Waals surface area contributed by atoms with Gasteiger partial charge in [0.25, 0.3) is 0 Å². The second kappa shape index (κ2) is 5.27. The largest absolute Gasteiger partial charge is 0.435 e. The van der Waals surface area contributed by atoms with E-state index >= 15 is 0 Å². The minimum Gasteiger partial charge on any atom is -0.296 e. The summed E-state index contributed by atoms with van der Waals surface area (Å²) in [6, 6.07) is 3.18. The predicted molar refractivity (Wildman–Crippen MR) is 69.0 cm³/mol. The molecule has 0 radical (unpaired) electrons. The molecule has 0 saturated carbocycles. The maximum Gasteiger partial charge on any atom is 0.435 e. The zero-order valence-corrected chi connectivity index (χ0v) is 11.6. The van der Waals surface area contributed by atoms with E-state index < -0.39 is 11.9 Å². The van der Waals surface area contributed by atoms with E-state index in [1.165, 1.54) is 12.1 Å². The van der Waals surface area contributed by atoms with Gasteiger partial charge in [0.15, 0.2) is 12.0 Å². The molecule has 0 bridgehead atoms. The van der Waals surface area contributed by atoms with Crippen LogP contribution in [0.3, 0.4) is 0 Å². The Morgan fingerprint density at radius 3 is 2.10 bits per heavy atom. The number of carbonyl (C=O) groups excluding carboxylic acids is 1. The summed E-state index contributed by atoms with van der Waals surface area (Å²) >= 11 is 17.5. The van der Waals surface area contributed by atoms with Crippen LogP contribution < -0.4 is 0 Å². The summed E-state index contributed by atoms with van der Waals surface area (Å²) in [5.41, 5.74) is -1.60. The Hall–Kier alpha value is -1.24. The summed E-state index contributed by atoms with van der Waals surface area (Å²) in [7, 11) is 0. The van der Waals surface area contributed by atoms with Crippen molar-refractivity contribution in [3.8, 4) is 5.69 Å². The third-order valence-electron chi connectivity index (χ3n) is 2.34. The zero-order valence-electron chi connectivity index (χ0n) is 9.38. The standard InChI is InChI=1S/C11H4Cl3F3N2O/c12-5-1-7(13)10(8(14)2-5)19-6(4-20)3-9(18-19)11(15,16)17/h1-4H. The van der Waals surface area contributed by atoms with Crippen LogP contribution in [-0.2, 0) is 6.18 Å². The van der Waals surface area contributed by atoms with Crippen LogP contribution >= 0.6 is 34.8 Å². The zero-order chi connectivity index (χ0) is 15.1. The molecule has 0 fully saturated rings. The lowest BCUT2D eigenvalue weighted by Crippen LogP contribution is -2.08. The van der Waals surface area contributed by atoms with Gasteiger partial charge in [-0.05, 0) is 18.2 Å². The molecular weight excluding hydrogens is 339 g/mol. The number of benzene rings is 1. The Bertz CT molecular complexity index is 659. The molecule has 0 spiro atoms. The normalized spacial score (nSPS) is 11.7. The van der Waals surface area contributed by atoms with Gasteiger partial charge in [0.2, 0.25) is 0 Å². The van der Waals surface area contributed by atoms with Crippen LogP contribution in [0.4, 0.5) is 13.2 Å². The summed E-state index contributed by atoms with van der Waals surface area (Å²) in [5.74, 6) is 0. The highest BCUT2D eigenvalue weighted by molar-refractivity contribution is 6.40. The number of nitrogens with zero attached hydrogens (tertiary/aromatic N) is 2. The Morgan fingerprint density at radius 1 is 1.10 bits per heavy atom. The molecule has 0 atom stereocenters. The molecule has 0 aliphatic carbocycles. The Kier molecular flexibility index (Phi) is 4.00. The average molecular weight is 344 g/mol. The van der Waals surface area contributed by atoms with Crippen molar-refractivity contribution in [3.05, 3.63) is 44.7 Å². The number of carbonyl (C=O) groups is 1. The van der Waals surface area contributed by atoms with Crippen LogP contribution in [0.5, 0.6) is 0 Å². The second-order valence-electron chi connectivity index (χ2n) is 3.70. The molecular formula is C11H4Cl3F3N2O. The highest BCUT2D eigenvalue weighted by Crippen LogP contribution is 2.35. The summed E-state index contributed by atoms with van der Waals surface area (Å²) < 4.78 is 38.6. The molecule has 0 N–H and O–H groups in total. The van der Waals surface area contributed by atoms with Crippen LogP contribution in [0.25, 0.3) is 5.69 Å². The van der Waals surface area contributed by atoms with Crippen LogP contribution in [0.1, 0.15) is 16.2 Å². The number of halogens is 6. The molecule has 1 aromatic heterocycles. The molecule has 20 heavy (non-hydrogen) atoms. The number of aldehydes is 1. The minimum atomic E-state index is -4.69. The Balaban J connectivity index is 2.70. The van der Waals surface area contributed by atoms with Gasteiger partial charge in [0, 0.05) is 5.02 Å². The second-order valence-corrected chi connectivity index (χ2v) is 4.95. The van der Waals surface area contributed by atoms with Crippen molar-refractivity contribution in [2.24, 2.45) is 0 Å². The van der Waals surface area contributed by atoms with Gasteiger partial charge in [-0.3, -0.25) is 4.79 Å². The molecule has 0 amide bonds. The molecule has 0 unspecified atom stereocenters. The van der Waals surface area contributed by atoms with Crippen molar-refractivity contribution in [1.82, 2.24) is 9.78 Å². The fourth-order valence-corrected chi connectivity index (χ4v) is 2.51. The first-order valence-corrected chi connectivity index (χ1v) is 6.15. The number of hydrogen-bond acceptors (Lipinski definition) is 2. The molecule has 0 saturated heterocycles. The van der Waals surface area contributed by atoms with Gasteiger partial charge in [-0.2, -0.15) is 18.3 Å². The summed E-state index contributed by atoms with van der Waals surface area (Å²) in [5, 5.41) is 3.48. The summed E-state index contributed by atoms with van der Waals surface area (Å²) in [6.07, 6.45) is -4.46. The fourth-order valence-electron chi connectivity index (χ4n) is 1.53. The lowest BCUT2D eigenvalue weighted by atomic mass is 10.3. The maximum atomic E-state index is 12.6. The van der Waals surface area contributed by atoms with Crippen molar-refractivity contribution >= 4 is 41.1 Å². The van der Waals surface area contributed by atoms with E-state index in [4.69, 9.17) is 34.8 Å². The van der Waals surface area contributed by atoms with Crippen LogP contribution in [0.15, 0.2) is 18.2 Å².